The fourth-order valence-corrected chi connectivity index (χ4v) is 2.51. The molecule has 3 aromatic rings. The number of phenolic OH excluding ortho intramolecular Hbond substituents is 1. The van der Waals surface area contributed by atoms with Crippen LogP contribution < -0.4 is 14.8 Å². The van der Waals surface area contributed by atoms with Crippen LogP contribution in [0, 0.1) is 0 Å². The zero-order chi connectivity index (χ0) is 19.9. The fraction of sp³-hybridized carbons (Fsp3) is 0.143. The third kappa shape index (κ3) is 4.32. The van der Waals surface area contributed by atoms with E-state index in [4.69, 9.17) is 13.9 Å². The highest BCUT2D eigenvalue weighted by molar-refractivity contribution is 6.03. The van der Waals surface area contributed by atoms with Crippen LogP contribution in [0.4, 0.5) is 11.4 Å². The van der Waals surface area contributed by atoms with Gasteiger partial charge in [0.05, 0.1) is 31.4 Å². The molecule has 0 atom stereocenters. The monoisotopic (exact) mass is 380 g/mol. The maximum atomic E-state index is 12.1. The van der Waals surface area contributed by atoms with Gasteiger partial charge in [0.15, 0.2) is 17.3 Å². The average Bonchev–Trinajstić information content (AvgIpc) is 3.24. The average molecular weight is 380 g/mol. The van der Waals surface area contributed by atoms with Crippen molar-refractivity contribution in [2.75, 3.05) is 19.0 Å². The van der Waals surface area contributed by atoms with Crippen molar-refractivity contribution in [3.05, 3.63) is 66.1 Å². The van der Waals surface area contributed by atoms with E-state index in [1.165, 1.54) is 19.6 Å². The number of phenols is 1. The number of hydrogen-bond acceptors (Lipinski definition) is 6. The number of nitrogens with zero attached hydrogens (tertiary/aromatic N) is 1. The number of carbonyl (C=O) groups is 1. The summed E-state index contributed by atoms with van der Waals surface area (Å²) in [6.07, 6.45) is 2.97. The van der Waals surface area contributed by atoms with Crippen molar-refractivity contribution >= 4 is 23.5 Å². The van der Waals surface area contributed by atoms with Gasteiger partial charge in [0.25, 0.3) is 5.91 Å². The summed E-state index contributed by atoms with van der Waals surface area (Å²) in [5, 5.41) is 13.0. The Kier molecular flexibility index (Phi) is 5.96. The van der Waals surface area contributed by atoms with Crippen molar-refractivity contribution in [1.29, 1.82) is 0 Å². The molecule has 0 radical (unpaired) electrons. The van der Waals surface area contributed by atoms with Gasteiger partial charge in [-0.3, -0.25) is 9.79 Å². The molecule has 0 aliphatic heterocycles. The molecular formula is C21H20N2O5. The number of anilines is 1. The molecule has 0 bridgehead atoms. The van der Waals surface area contributed by atoms with E-state index in [0.717, 1.165) is 0 Å². The van der Waals surface area contributed by atoms with Crippen LogP contribution in [0.15, 0.2) is 64.2 Å². The second-order valence-corrected chi connectivity index (χ2v) is 5.70. The van der Waals surface area contributed by atoms with E-state index < -0.39 is 0 Å². The maximum Gasteiger partial charge on any atom is 0.291 e. The lowest BCUT2D eigenvalue weighted by atomic mass is 10.2. The number of benzene rings is 2. The number of amides is 1. The van der Waals surface area contributed by atoms with Gasteiger partial charge < -0.3 is 24.3 Å². The highest BCUT2D eigenvalue weighted by atomic mass is 16.5. The van der Waals surface area contributed by atoms with Crippen molar-refractivity contribution in [1.82, 2.24) is 0 Å². The molecular weight excluding hydrogens is 360 g/mol. The Bertz CT molecular complexity index is 980. The van der Waals surface area contributed by atoms with E-state index >= 15 is 0 Å². The van der Waals surface area contributed by atoms with Crippen LogP contribution in [0.1, 0.15) is 23.0 Å². The number of para-hydroxylation sites is 1. The van der Waals surface area contributed by atoms with E-state index in [1.807, 2.05) is 6.92 Å². The molecule has 7 heteroatoms. The molecule has 0 aliphatic carbocycles. The highest BCUT2D eigenvalue weighted by Gasteiger charge is 2.12. The molecule has 0 unspecified atom stereocenters. The first-order valence-electron chi connectivity index (χ1n) is 8.64. The summed E-state index contributed by atoms with van der Waals surface area (Å²) in [7, 11) is 1.50. The van der Waals surface area contributed by atoms with Crippen LogP contribution in [-0.2, 0) is 0 Å². The molecule has 1 amide bonds. The van der Waals surface area contributed by atoms with Gasteiger partial charge in [0.2, 0.25) is 0 Å². The number of aliphatic imine (C=N–C) groups is 1. The molecule has 2 N–H and O–H groups in total. The predicted octanol–water partition coefficient (Wildman–Crippen LogP) is 4.40. The summed E-state index contributed by atoms with van der Waals surface area (Å²) in [6.45, 7) is 2.30. The van der Waals surface area contributed by atoms with E-state index in [1.54, 1.807) is 48.5 Å². The first kappa shape index (κ1) is 19.0. The molecule has 1 heterocycles. The third-order valence-electron chi connectivity index (χ3n) is 3.86. The quantitative estimate of drug-likeness (QED) is 0.593. The van der Waals surface area contributed by atoms with Crippen LogP contribution in [0.25, 0.3) is 0 Å². The topological polar surface area (TPSA) is 93.3 Å². The van der Waals surface area contributed by atoms with Gasteiger partial charge in [-0.1, -0.05) is 6.07 Å². The lowest BCUT2D eigenvalue weighted by molar-refractivity contribution is 0.0996. The van der Waals surface area contributed by atoms with Gasteiger partial charge in [-0.2, -0.15) is 0 Å². The van der Waals surface area contributed by atoms with Crippen molar-refractivity contribution in [3.63, 3.8) is 0 Å². The second kappa shape index (κ2) is 8.77. The minimum absolute atomic E-state index is 0.0300. The Morgan fingerprint density at radius 1 is 1.21 bits per heavy atom. The Balaban J connectivity index is 1.79. The highest BCUT2D eigenvalue weighted by Crippen LogP contribution is 2.31. The van der Waals surface area contributed by atoms with E-state index in [9.17, 15) is 9.90 Å². The summed E-state index contributed by atoms with van der Waals surface area (Å²) in [5.74, 6) is 0.704. The smallest absolute Gasteiger partial charge is 0.291 e. The normalized spacial score (nSPS) is 10.8. The largest absolute Gasteiger partial charge is 0.504 e. The number of carbonyl (C=O) groups excluding carboxylic acids is 1. The van der Waals surface area contributed by atoms with Crippen molar-refractivity contribution in [2.24, 2.45) is 4.99 Å². The lowest BCUT2D eigenvalue weighted by Gasteiger charge is -2.10. The number of ether oxygens (including phenoxy) is 2. The van der Waals surface area contributed by atoms with Crippen LogP contribution in [0.2, 0.25) is 0 Å². The summed E-state index contributed by atoms with van der Waals surface area (Å²) < 4.78 is 15.8. The molecule has 3 rings (SSSR count). The molecule has 144 valence electrons. The molecule has 28 heavy (non-hydrogen) atoms. The molecule has 1 aromatic heterocycles. The zero-order valence-corrected chi connectivity index (χ0v) is 15.5. The number of furan rings is 1. The Morgan fingerprint density at radius 2 is 2.07 bits per heavy atom. The zero-order valence-electron chi connectivity index (χ0n) is 15.5. The minimum atomic E-state index is -0.378. The lowest BCUT2D eigenvalue weighted by Crippen LogP contribution is -2.11. The van der Waals surface area contributed by atoms with Crippen molar-refractivity contribution in [2.45, 2.75) is 6.92 Å². The number of methoxy groups -OCH3 is 1. The van der Waals surface area contributed by atoms with Crippen LogP contribution in [0.3, 0.4) is 0 Å². The summed E-state index contributed by atoms with van der Waals surface area (Å²) in [5.41, 5.74) is 1.61. The third-order valence-corrected chi connectivity index (χ3v) is 3.86. The van der Waals surface area contributed by atoms with E-state index in [-0.39, 0.29) is 17.4 Å². The van der Waals surface area contributed by atoms with Gasteiger partial charge in [-0.15, -0.1) is 0 Å². The number of hydrogen-bond donors (Lipinski definition) is 2. The second-order valence-electron chi connectivity index (χ2n) is 5.70. The molecule has 0 fully saturated rings. The number of nitrogens with one attached hydrogen (secondary N) is 1. The summed E-state index contributed by atoms with van der Waals surface area (Å²) in [6, 6.07) is 13.5. The van der Waals surface area contributed by atoms with E-state index in [2.05, 4.69) is 10.3 Å². The Hall–Kier alpha value is -3.74. The molecule has 0 saturated heterocycles. The molecule has 0 saturated carbocycles. The first-order chi connectivity index (χ1) is 13.6. The van der Waals surface area contributed by atoms with Crippen LogP contribution in [0.5, 0.6) is 17.2 Å². The van der Waals surface area contributed by atoms with Crippen molar-refractivity contribution in [3.8, 4) is 17.2 Å². The Morgan fingerprint density at radius 3 is 2.79 bits per heavy atom. The Labute approximate surface area is 162 Å². The molecule has 7 nitrogen and oxygen atoms in total. The summed E-state index contributed by atoms with van der Waals surface area (Å²) >= 11 is 0. The predicted molar refractivity (Wildman–Crippen MR) is 106 cm³/mol. The standard InChI is InChI=1S/C21H20N2O5/c1-3-27-17-7-4-6-14(20(17)24)13-22-15-9-10-16(19(12-15)26-2)23-21(25)18-8-5-11-28-18/h4-13,24H,3H2,1-2H3,(H,23,25). The van der Waals surface area contributed by atoms with Crippen molar-refractivity contribution < 1.29 is 23.8 Å². The van der Waals surface area contributed by atoms with Crippen LogP contribution in [-0.4, -0.2) is 30.9 Å². The van der Waals surface area contributed by atoms with Gasteiger partial charge in [0.1, 0.15) is 5.75 Å². The van der Waals surface area contributed by atoms with Gasteiger partial charge in [-0.05, 0) is 43.3 Å². The maximum absolute atomic E-state index is 12.1. The van der Waals surface area contributed by atoms with E-state index in [0.29, 0.717) is 35.0 Å². The van der Waals surface area contributed by atoms with Crippen LogP contribution >= 0.6 is 0 Å². The number of rotatable bonds is 7. The fourth-order valence-electron chi connectivity index (χ4n) is 2.51. The van der Waals surface area contributed by atoms with Gasteiger partial charge in [0, 0.05) is 17.8 Å². The molecule has 0 spiro atoms. The molecule has 2 aromatic carbocycles. The minimum Gasteiger partial charge on any atom is -0.504 e. The summed E-state index contributed by atoms with van der Waals surface area (Å²) in [4.78, 5) is 16.5. The van der Waals surface area contributed by atoms with Gasteiger partial charge >= 0.3 is 0 Å². The molecule has 0 aliphatic rings. The SMILES string of the molecule is CCOc1cccc(C=Nc2ccc(NC(=O)c3ccco3)c(OC)c2)c1O. The first-order valence-corrected chi connectivity index (χ1v) is 8.64. The number of aromatic hydroxyl groups is 1. The van der Waals surface area contributed by atoms with Gasteiger partial charge in [-0.25, -0.2) is 0 Å².